The molecule has 5 nitrogen and oxygen atoms in total. The Labute approximate surface area is 215 Å². The van der Waals surface area contributed by atoms with Crippen LogP contribution in [0, 0.1) is 5.41 Å². The quantitative estimate of drug-likeness (QED) is 0.372. The fraction of sp³-hybridized carbons (Fsp3) is 0.219. The summed E-state index contributed by atoms with van der Waals surface area (Å²) < 4.78 is 5.69. The van der Waals surface area contributed by atoms with Gasteiger partial charge in [0.25, 0.3) is 0 Å². The third-order valence-electron chi connectivity index (χ3n) is 7.34. The van der Waals surface area contributed by atoms with Gasteiger partial charge in [-0.1, -0.05) is 80.6 Å². The van der Waals surface area contributed by atoms with E-state index in [4.69, 9.17) is 4.74 Å². The van der Waals surface area contributed by atoms with Crippen molar-refractivity contribution >= 4 is 23.2 Å². The van der Waals surface area contributed by atoms with Crippen molar-refractivity contribution in [2.75, 3.05) is 0 Å². The number of rotatable bonds is 4. The van der Waals surface area contributed by atoms with Gasteiger partial charge in [0, 0.05) is 40.3 Å². The summed E-state index contributed by atoms with van der Waals surface area (Å²) in [5.41, 5.74) is 5.84. The summed E-state index contributed by atoms with van der Waals surface area (Å²) in [6, 6.07) is 24.2. The van der Waals surface area contributed by atoms with Crippen molar-refractivity contribution in [3.05, 3.63) is 118 Å². The Bertz CT molecular complexity index is 1530. The average Bonchev–Trinajstić information content (AvgIpc) is 3.14. The molecule has 0 saturated carbocycles. The van der Waals surface area contributed by atoms with Crippen LogP contribution in [-0.4, -0.2) is 17.5 Å². The fourth-order valence-electron chi connectivity index (χ4n) is 5.81. The number of fused-ring (bicyclic) bond motifs is 2. The highest BCUT2D eigenvalue weighted by molar-refractivity contribution is 6.23. The van der Waals surface area contributed by atoms with Gasteiger partial charge in [-0.2, -0.15) is 0 Å². The van der Waals surface area contributed by atoms with E-state index >= 15 is 0 Å². The lowest BCUT2D eigenvalue weighted by molar-refractivity contribution is -0.133. The number of esters is 1. The van der Waals surface area contributed by atoms with Gasteiger partial charge in [-0.15, -0.1) is 0 Å². The van der Waals surface area contributed by atoms with Crippen LogP contribution in [0.25, 0.3) is 5.70 Å². The van der Waals surface area contributed by atoms with Crippen LogP contribution in [0.2, 0.25) is 0 Å². The Balaban J connectivity index is 1.41. The van der Waals surface area contributed by atoms with Crippen molar-refractivity contribution in [3.63, 3.8) is 0 Å². The summed E-state index contributed by atoms with van der Waals surface area (Å²) >= 11 is 0. The first-order valence-corrected chi connectivity index (χ1v) is 12.6. The molecule has 1 N–H and O–H groups in total. The molecule has 0 aromatic heterocycles. The zero-order chi connectivity index (χ0) is 25.7. The molecule has 3 aliphatic rings. The van der Waals surface area contributed by atoms with Crippen LogP contribution in [0.5, 0.6) is 5.75 Å². The van der Waals surface area contributed by atoms with Crippen LogP contribution in [0.3, 0.4) is 0 Å². The number of ether oxygens (including phenoxy) is 1. The van der Waals surface area contributed by atoms with E-state index in [1.165, 1.54) is 0 Å². The van der Waals surface area contributed by atoms with Gasteiger partial charge in [0.05, 0.1) is 12.1 Å². The third kappa shape index (κ3) is 4.10. The van der Waals surface area contributed by atoms with Crippen LogP contribution in [-0.2, 0) is 16.0 Å². The lowest BCUT2D eigenvalue weighted by atomic mass is 9.68. The molecule has 3 aromatic rings. The minimum atomic E-state index is -0.525. The number of carbonyl (C=O) groups excluding carboxylic acids is 3. The Morgan fingerprint density at radius 1 is 0.892 bits per heavy atom. The lowest BCUT2D eigenvalue weighted by Gasteiger charge is -2.39. The number of benzene rings is 3. The Kier molecular flexibility index (Phi) is 5.45. The summed E-state index contributed by atoms with van der Waals surface area (Å²) in [5, 5.41) is 3.50. The molecular formula is C32H27NO4. The third-order valence-corrected chi connectivity index (χ3v) is 7.34. The van der Waals surface area contributed by atoms with Crippen LogP contribution in [0.15, 0.2) is 95.7 Å². The van der Waals surface area contributed by atoms with E-state index in [0.717, 1.165) is 28.1 Å². The summed E-state index contributed by atoms with van der Waals surface area (Å²) in [4.78, 5) is 39.9. The Morgan fingerprint density at radius 2 is 1.62 bits per heavy atom. The lowest BCUT2D eigenvalue weighted by Crippen LogP contribution is -2.37. The maximum atomic E-state index is 13.7. The van der Waals surface area contributed by atoms with Gasteiger partial charge < -0.3 is 10.1 Å². The first kappa shape index (κ1) is 23.2. The molecule has 0 fully saturated rings. The highest BCUT2D eigenvalue weighted by Crippen LogP contribution is 2.51. The molecule has 0 spiro atoms. The molecule has 5 heteroatoms. The van der Waals surface area contributed by atoms with Crippen LogP contribution < -0.4 is 10.1 Å². The van der Waals surface area contributed by atoms with Gasteiger partial charge in [-0.3, -0.25) is 14.4 Å². The predicted octanol–water partition coefficient (Wildman–Crippen LogP) is 5.77. The maximum Gasteiger partial charge on any atom is 0.315 e. The number of allylic oxidation sites excluding steroid dienone is 3. The molecule has 0 amide bonds. The molecule has 1 heterocycles. The topological polar surface area (TPSA) is 72.5 Å². The minimum absolute atomic E-state index is 0.0468. The smallest absolute Gasteiger partial charge is 0.315 e. The highest BCUT2D eigenvalue weighted by Gasteiger charge is 2.46. The fourth-order valence-corrected chi connectivity index (χ4v) is 5.81. The molecule has 0 saturated heterocycles. The van der Waals surface area contributed by atoms with E-state index < -0.39 is 5.92 Å². The second kappa shape index (κ2) is 8.70. The number of hydrogen-bond donors (Lipinski definition) is 1. The van der Waals surface area contributed by atoms with Gasteiger partial charge in [-0.25, -0.2) is 0 Å². The molecule has 1 unspecified atom stereocenters. The number of ketones is 2. The molecule has 0 radical (unpaired) electrons. The van der Waals surface area contributed by atoms with Gasteiger partial charge >= 0.3 is 5.97 Å². The SMILES string of the molecule is CC1(C)CC(=O)C2=C(C1)NC1=C(C(=O)c3ccccc31)C2c1cccc(OC(=O)Cc2ccccc2)c1. The standard InChI is InChI=1S/C32H27NO4/c1-32(2)17-24-28(25(34)18-32)27(29-30(33-24)22-13-6-7-14-23(22)31(29)36)20-11-8-12-21(16-20)37-26(35)15-19-9-4-3-5-10-19/h3-14,16,27,33H,15,17-18H2,1-2H3. The molecule has 3 aromatic carbocycles. The Morgan fingerprint density at radius 3 is 2.41 bits per heavy atom. The minimum Gasteiger partial charge on any atom is -0.426 e. The number of nitrogens with one attached hydrogen (secondary N) is 1. The zero-order valence-corrected chi connectivity index (χ0v) is 20.8. The van der Waals surface area contributed by atoms with E-state index in [0.29, 0.717) is 35.3 Å². The van der Waals surface area contributed by atoms with Crippen molar-refractivity contribution in [2.24, 2.45) is 5.41 Å². The van der Waals surface area contributed by atoms with E-state index in [1.807, 2.05) is 66.7 Å². The summed E-state index contributed by atoms with van der Waals surface area (Å²) in [6.45, 7) is 4.19. The van der Waals surface area contributed by atoms with E-state index in [-0.39, 0.29) is 29.4 Å². The molecular weight excluding hydrogens is 462 g/mol. The summed E-state index contributed by atoms with van der Waals surface area (Å²) in [7, 11) is 0. The normalized spacial score (nSPS) is 19.7. The van der Waals surface area contributed by atoms with Crippen molar-refractivity contribution < 1.29 is 19.1 Å². The first-order valence-electron chi connectivity index (χ1n) is 12.6. The van der Waals surface area contributed by atoms with Gasteiger partial charge in [0.1, 0.15) is 5.75 Å². The van der Waals surface area contributed by atoms with Crippen LogP contribution in [0.4, 0.5) is 0 Å². The van der Waals surface area contributed by atoms with Crippen LogP contribution in [0.1, 0.15) is 59.7 Å². The zero-order valence-electron chi connectivity index (χ0n) is 20.8. The van der Waals surface area contributed by atoms with Gasteiger partial charge in [0.2, 0.25) is 0 Å². The van der Waals surface area contributed by atoms with Crippen molar-refractivity contribution in [2.45, 2.75) is 39.0 Å². The van der Waals surface area contributed by atoms with E-state index in [9.17, 15) is 14.4 Å². The van der Waals surface area contributed by atoms with Gasteiger partial charge in [-0.05, 0) is 35.1 Å². The van der Waals surface area contributed by atoms with E-state index in [2.05, 4.69) is 19.2 Å². The van der Waals surface area contributed by atoms with Gasteiger partial charge in [0.15, 0.2) is 11.6 Å². The Hall–Kier alpha value is -4.25. The molecule has 37 heavy (non-hydrogen) atoms. The van der Waals surface area contributed by atoms with E-state index in [1.54, 1.807) is 12.1 Å². The molecule has 184 valence electrons. The van der Waals surface area contributed by atoms with Crippen molar-refractivity contribution in [1.82, 2.24) is 5.32 Å². The second-order valence-electron chi connectivity index (χ2n) is 10.8. The maximum absolute atomic E-state index is 13.7. The summed E-state index contributed by atoms with van der Waals surface area (Å²) in [5.74, 6) is -0.520. The molecule has 0 bridgehead atoms. The second-order valence-corrected chi connectivity index (χ2v) is 10.8. The molecule has 1 aliphatic heterocycles. The largest absolute Gasteiger partial charge is 0.426 e. The first-order chi connectivity index (χ1) is 17.8. The number of Topliss-reactive ketones (excluding diaryl/α,β-unsaturated/α-hetero) is 2. The number of dihydropyridines is 1. The summed E-state index contributed by atoms with van der Waals surface area (Å²) in [6.07, 6.45) is 1.29. The molecule has 6 rings (SSSR count). The van der Waals surface area contributed by atoms with Crippen molar-refractivity contribution in [3.8, 4) is 5.75 Å². The predicted molar refractivity (Wildman–Crippen MR) is 141 cm³/mol. The average molecular weight is 490 g/mol. The number of hydrogen-bond acceptors (Lipinski definition) is 5. The molecule has 2 aliphatic carbocycles. The van der Waals surface area contributed by atoms with Crippen molar-refractivity contribution in [1.29, 1.82) is 0 Å². The monoisotopic (exact) mass is 489 g/mol. The molecule has 1 atom stereocenters. The van der Waals surface area contributed by atoms with Crippen LogP contribution >= 0.6 is 0 Å². The highest BCUT2D eigenvalue weighted by atomic mass is 16.5. The number of carbonyl (C=O) groups is 3.